The van der Waals surface area contributed by atoms with E-state index >= 15 is 0 Å². The van der Waals surface area contributed by atoms with Gasteiger partial charge in [0.05, 0.1) is 18.7 Å². The fourth-order valence-electron chi connectivity index (χ4n) is 2.35. The molecule has 4 amide bonds. The average molecular weight is 417 g/mol. The van der Waals surface area contributed by atoms with E-state index in [-0.39, 0.29) is 18.8 Å². The summed E-state index contributed by atoms with van der Waals surface area (Å²) < 4.78 is 0. The minimum absolute atomic E-state index is 0.148. The predicted molar refractivity (Wildman–Crippen MR) is 102 cm³/mol. The summed E-state index contributed by atoms with van der Waals surface area (Å²) in [4.78, 5) is 58.0. The van der Waals surface area contributed by atoms with Crippen molar-refractivity contribution < 1.29 is 34.2 Å². The second-order valence-corrected chi connectivity index (χ2v) is 7.14. The minimum Gasteiger partial charge on any atom is -0.480 e. The smallest absolute Gasteiger partial charge is 0.326 e. The molecule has 0 bridgehead atoms. The van der Waals surface area contributed by atoms with Gasteiger partial charge < -0.3 is 37.6 Å². The molecule has 12 nitrogen and oxygen atoms in total. The molecule has 0 saturated heterocycles. The van der Waals surface area contributed by atoms with E-state index in [0.29, 0.717) is 6.42 Å². The van der Waals surface area contributed by atoms with Crippen LogP contribution in [0.2, 0.25) is 0 Å². The molecule has 0 radical (unpaired) electrons. The summed E-state index contributed by atoms with van der Waals surface area (Å²) >= 11 is 0. The third kappa shape index (κ3) is 11.0. The molecular weight excluding hydrogens is 386 g/mol. The number of carbonyl (C=O) groups excluding carboxylic acids is 4. The molecule has 0 aromatic heterocycles. The summed E-state index contributed by atoms with van der Waals surface area (Å²) in [6, 6.07) is -3.57. The molecule has 4 unspecified atom stereocenters. The molecule has 9 N–H and O–H groups in total. The lowest BCUT2D eigenvalue weighted by Crippen LogP contribution is -2.57. The second kappa shape index (κ2) is 12.7. The van der Waals surface area contributed by atoms with E-state index in [2.05, 4.69) is 16.0 Å². The first-order valence-corrected chi connectivity index (χ1v) is 9.17. The van der Waals surface area contributed by atoms with E-state index in [1.54, 1.807) is 0 Å². The number of nitrogens with two attached hydrogens (primary N) is 2. The number of carbonyl (C=O) groups is 5. The highest BCUT2D eigenvalue weighted by Gasteiger charge is 2.28. The number of hydrogen-bond donors (Lipinski definition) is 7. The van der Waals surface area contributed by atoms with Crippen LogP contribution in [0.1, 0.15) is 40.0 Å². The number of primary amides is 1. The molecule has 0 spiro atoms. The summed E-state index contributed by atoms with van der Waals surface area (Å²) in [5, 5.41) is 25.5. The number of carboxylic acids is 1. The molecule has 0 rings (SSSR count). The Bertz CT molecular complexity index is 609. The Kier molecular flexibility index (Phi) is 11.5. The van der Waals surface area contributed by atoms with E-state index in [1.807, 2.05) is 13.8 Å². The van der Waals surface area contributed by atoms with Crippen LogP contribution in [0.5, 0.6) is 0 Å². The number of carboxylic acid groups (broad SMARTS) is 1. The maximum Gasteiger partial charge on any atom is 0.326 e. The Morgan fingerprint density at radius 2 is 1.59 bits per heavy atom. The van der Waals surface area contributed by atoms with Gasteiger partial charge in [-0.3, -0.25) is 19.2 Å². The first-order chi connectivity index (χ1) is 13.3. The van der Waals surface area contributed by atoms with Gasteiger partial charge in [0, 0.05) is 6.42 Å². The van der Waals surface area contributed by atoms with Gasteiger partial charge in [0.15, 0.2) is 0 Å². The summed E-state index contributed by atoms with van der Waals surface area (Å²) in [6.45, 7) is 4.43. The normalized spacial score (nSPS) is 15.0. The number of aliphatic hydroxyl groups is 1. The molecule has 0 aliphatic rings. The largest absolute Gasteiger partial charge is 0.480 e. The second-order valence-electron chi connectivity index (χ2n) is 7.14. The van der Waals surface area contributed by atoms with Crippen LogP contribution in [0.4, 0.5) is 0 Å². The fraction of sp³-hybridized carbons (Fsp3) is 0.706. The monoisotopic (exact) mass is 417 g/mol. The molecule has 0 aromatic rings. The van der Waals surface area contributed by atoms with Crippen molar-refractivity contribution in [1.29, 1.82) is 0 Å². The number of rotatable bonds is 13. The van der Waals surface area contributed by atoms with Crippen LogP contribution >= 0.6 is 0 Å². The van der Waals surface area contributed by atoms with E-state index in [0.717, 1.165) is 0 Å². The van der Waals surface area contributed by atoms with E-state index in [1.165, 1.54) is 6.92 Å². The van der Waals surface area contributed by atoms with E-state index in [4.69, 9.17) is 16.6 Å². The molecular formula is C17H31N5O7. The van der Waals surface area contributed by atoms with Gasteiger partial charge in [-0.15, -0.1) is 0 Å². The third-order valence-corrected chi connectivity index (χ3v) is 3.86. The molecule has 12 heteroatoms. The molecule has 166 valence electrons. The molecule has 0 aliphatic heterocycles. The highest BCUT2D eigenvalue weighted by Crippen LogP contribution is 2.04. The van der Waals surface area contributed by atoms with Crippen molar-refractivity contribution in [3.05, 3.63) is 0 Å². The standard InChI is InChI=1S/C17H31N5O7/c1-8(2)6-10(18)15(26)22-14(9(3)23)16(27)20-7-13(25)21-11(17(28)29)4-5-12(19)24/h8-11,14,23H,4-7,18H2,1-3H3,(H2,19,24)(H,20,27)(H,21,25)(H,22,26)(H,28,29). The van der Waals surface area contributed by atoms with Crippen molar-refractivity contribution in [2.45, 2.75) is 64.3 Å². The van der Waals surface area contributed by atoms with Crippen molar-refractivity contribution in [1.82, 2.24) is 16.0 Å². The molecule has 0 aliphatic carbocycles. The molecule has 0 heterocycles. The van der Waals surface area contributed by atoms with Crippen LogP contribution in [-0.4, -0.2) is 70.6 Å². The fourth-order valence-corrected chi connectivity index (χ4v) is 2.35. The highest BCUT2D eigenvalue weighted by atomic mass is 16.4. The topological polar surface area (TPSA) is 214 Å². The van der Waals surface area contributed by atoms with Gasteiger partial charge in [0.25, 0.3) is 0 Å². The lowest BCUT2D eigenvalue weighted by atomic mass is 10.0. The van der Waals surface area contributed by atoms with Gasteiger partial charge in [0.2, 0.25) is 23.6 Å². The van der Waals surface area contributed by atoms with Gasteiger partial charge in [-0.1, -0.05) is 13.8 Å². The third-order valence-electron chi connectivity index (χ3n) is 3.86. The summed E-state index contributed by atoms with van der Waals surface area (Å²) in [5.41, 5.74) is 10.7. The Hall–Kier alpha value is -2.73. The number of amides is 4. The molecule has 29 heavy (non-hydrogen) atoms. The molecule has 0 aromatic carbocycles. The number of hydrogen-bond acceptors (Lipinski definition) is 7. The minimum atomic E-state index is -1.36. The van der Waals surface area contributed by atoms with Crippen LogP contribution in [0, 0.1) is 5.92 Å². The lowest BCUT2D eigenvalue weighted by Gasteiger charge is -2.23. The van der Waals surface area contributed by atoms with Crippen molar-refractivity contribution in [2.75, 3.05) is 6.54 Å². The Labute approximate surface area is 168 Å². The Morgan fingerprint density at radius 1 is 1.00 bits per heavy atom. The summed E-state index contributed by atoms with van der Waals surface area (Å²) in [6.07, 6.45) is -1.33. The van der Waals surface area contributed by atoms with Crippen LogP contribution in [-0.2, 0) is 24.0 Å². The van der Waals surface area contributed by atoms with Crippen molar-refractivity contribution in [2.24, 2.45) is 17.4 Å². The zero-order chi connectivity index (χ0) is 22.7. The maximum absolute atomic E-state index is 12.2. The quantitative estimate of drug-likeness (QED) is 0.165. The van der Waals surface area contributed by atoms with E-state index in [9.17, 15) is 29.1 Å². The molecule has 0 saturated carbocycles. The molecule has 4 atom stereocenters. The maximum atomic E-state index is 12.2. The van der Waals surface area contributed by atoms with Gasteiger partial charge in [-0.25, -0.2) is 4.79 Å². The molecule has 0 fully saturated rings. The van der Waals surface area contributed by atoms with Crippen molar-refractivity contribution in [3.8, 4) is 0 Å². The predicted octanol–water partition coefficient (Wildman–Crippen LogP) is -2.82. The van der Waals surface area contributed by atoms with Crippen LogP contribution in [0.25, 0.3) is 0 Å². The Morgan fingerprint density at radius 3 is 2.03 bits per heavy atom. The average Bonchev–Trinajstić information content (AvgIpc) is 2.59. The van der Waals surface area contributed by atoms with Crippen LogP contribution < -0.4 is 27.4 Å². The van der Waals surface area contributed by atoms with Gasteiger partial charge in [-0.2, -0.15) is 0 Å². The number of aliphatic hydroxyl groups excluding tert-OH is 1. The summed E-state index contributed by atoms with van der Waals surface area (Å²) in [7, 11) is 0. The number of nitrogens with one attached hydrogen (secondary N) is 3. The van der Waals surface area contributed by atoms with Gasteiger partial charge in [0.1, 0.15) is 12.1 Å². The highest BCUT2D eigenvalue weighted by molar-refractivity contribution is 5.93. The van der Waals surface area contributed by atoms with Gasteiger partial charge >= 0.3 is 5.97 Å². The van der Waals surface area contributed by atoms with Crippen molar-refractivity contribution in [3.63, 3.8) is 0 Å². The zero-order valence-electron chi connectivity index (χ0n) is 16.8. The zero-order valence-corrected chi connectivity index (χ0v) is 16.8. The number of aliphatic carboxylic acids is 1. The first kappa shape index (κ1) is 26.3. The SMILES string of the molecule is CC(C)CC(N)C(=O)NC(C(=O)NCC(=O)NC(CCC(N)=O)C(=O)O)C(C)O. The van der Waals surface area contributed by atoms with E-state index < -0.39 is 60.4 Å². The van der Waals surface area contributed by atoms with Gasteiger partial charge in [-0.05, 0) is 25.7 Å². The Balaban J connectivity index is 4.74. The van der Waals surface area contributed by atoms with Crippen molar-refractivity contribution >= 4 is 29.6 Å². The summed E-state index contributed by atoms with van der Waals surface area (Å²) in [5.74, 6) is -4.23. The van der Waals surface area contributed by atoms with Crippen LogP contribution in [0.3, 0.4) is 0 Å². The van der Waals surface area contributed by atoms with Crippen LogP contribution in [0.15, 0.2) is 0 Å². The lowest BCUT2D eigenvalue weighted by molar-refractivity contribution is -0.142. The first-order valence-electron chi connectivity index (χ1n) is 9.17.